The number of ether oxygens (including phenoxy) is 1. The third kappa shape index (κ3) is 5.39. The minimum atomic E-state index is -0.0255. The van der Waals surface area contributed by atoms with E-state index in [-0.39, 0.29) is 5.41 Å². The van der Waals surface area contributed by atoms with Crippen molar-refractivity contribution >= 4 is 87.2 Å². The van der Waals surface area contributed by atoms with Gasteiger partial charge in [-0.05, 0) is 88.5 Å². The Morgan fingerprint density at radius 2 is 1.00 bits per heavy atom. The molecule has 13 rings (SSSR count). The minimum absolute atomic E-state index is 0.0255. The molecule has 0 radical (unpaired) electrons. The van der Waals surface area contributed by atoms with Crippen molar-refractivity contribution in [3.05, 3.63) is 206 Å². The zero-order valence-corrected chi connectivity index (χ0v) is 35.6. The fraction of sp³-hybridized carbons (Fsp3) is 0.0690. The average molecular weight is 824 g/mol. The fourth-order valence-corrected chi connectivity index (χ4v) is 10.1. The first kappa shape index (κ1) is 36.4. The van der Waals surface area contributed by atoms with E-state index in [0.717, 1.165) is 88.6 Å². The lowest BCUT2D eigenvalue weighted by atomic mass is 9.88. The van der Waals surface area contributed by atoms with Crippen LogP contribution in [0.25, 0.3) is 98.7 Å². The largest absolute Gasteiger partial charge is 0.458 e. The van der Waals surface area contributed by atoms with Crippen LogP contribution in [0.5, 0.6) is 11.5 Å². The molecule has 0 atom stereocenters. The van der Waals surface area contributed by atoms with Gasteiger partial charge in [-0.15, -0.1) is 0 Å². The lowest BCUT2D eigenvalue weighted by molar-refractivity contribution is -0.572. The fourth-order valence-electron chi connectivity index (χ4n) is 10.1. The summed E-state index contributed by atoms with van der Waals surface area (Å²) in [5.41, 5.74) is 10.9. The number of aromatic nitrogens is 5. The van der Waals surface area contributed by atoms with Crippen molar-refractivity contribution in [1.82, 2.24) is 18.4 Å². The second kappa shape index (κ2) is 13.6. The summed E-state index contributed by atoms with van der Waals surface area (Å²) in [6.45, 7) is 6.72. The maximum absolute atomic E-state index is 6.99. The van der Waals surface area contributed by atoms with Gasteiger partial charge in [-0.2, -0.15) is 0 Å². The predicted octanol–water partition coefficient (Wildman–Crippen LogP) is 14.2. The van der Waals surface area contributed by atoms with Crippen LogP contribution in [0.4, 0.5) is 0 Å². The number of rotatable bonds is 4. The van der Waals surface area contributed by atoms with E-state index in [1.54, 1.807) is 0 Å². The summed E-state index contributed by atoms with van der Waals surface area (Å²) in [5, 5.41) is 9.19. The third-order valence-electron chi connectivity index (χ3n) is 13.0. The molecule has 13 aromatic rings. The van der Waals surface area contributed by atoms with Gasteiger partial charge in [0, 0.05) is 44.6 Å². The summed E-state index contributed by atoms with van der Waals surface area (Å²) in [6.07, 6.45) is 5.79. The minimum Gasteiger partial charge on any atom is -0.458 e. The van der Waals surface area contributed by atoms with Crippen molar-refractivity contribution in [3.63, 3.8) is 0 Å². The number of nitrogens with zero attached hydrogens (tertiary/aromatic N) is 5. The summed E-state index contributed by atoms with van der Waals surface area (Å²) in [7, 11) is 0. The highest BCUT2D eigenvalue weighted by molar-refractivity contribution is 6.21. The predicted molar refractivity (Wildman–Crippen MR) is 262 cm³/mol. The Bertz CT molecular complexity index is 4090. The second-order valence-electron chi connectivity index (χ2n) is 17.8. The molecule has 0 aliphatic heterocycles. The van der Waals surface area contributed by atoms with Crippen LogP contribution >= 0.6 is 0 Å². The molecule has 0 unspecified atom stereocenters. The molecule has 6 nitrogen and oxygen atoms in total. The maximum atomic E-state index is 6.99. The molecule has 5 aromatic heterocycles. The standard InChI is InChI=1S/C58H41N5O/c1-58(2,3)37-31-32-59-55(33-37)62-49-23-10-7-17-41(49)44-29-27-40(35-54(44)62)64-39-28-30-45-47-21-13-20-46-42-18-8-11-24-50(42)63(56(46)47)51-25-12-9-19-43(51)48-22-14-26-52-57(48)61(53(45)34-39)36-60(52)38-15-5-4-6-16-38/h4-35H,1-3H3. The van der Waals surface area contributed by atoms with Gasteiger partial charge in [0.2, 0.25) is 0 Å². The zero-order chi connectivity index (χ0) is 42.7. The van der Waals surface area contributed by atoms with E-state index >= 15 is 0 Å². The molecule has 0 bridgehead atoms. The molecular formula is C58H41N5O. The van der Waals surface area contributed by atoms with Crippen molar-refractivity contribution < 1.29 is 9.30 Å². The van der Waals surface area contributed by atoms with Gasteiger partial charge < -0.3 is 9.14 Å². The van der Waals surface area contributed by atoms with E-state index in [4.69, 9.17) is 9.72 Å². The van der Waals surface area contributed by atoms with Gasteiger partial charge in [0.05, 0.1) is 49.8 Å². The molecule has 0 saturated heterocycles. The van der Waals surface area contributed by atoms with Gasteiger partial charge in [0.15, 0.2) is 0 Å². The number of pyridine rings is 1. The quantitative estimate of drug-likeness (QED) is 0.131. The highest BCUT2D eigenvalue weighted by Crippen LogP contribution is 2.40. The molecule has 0 fully saturated rings. The van der Waals surface area contributed by atoms with E-state index in [9.17, 15) is 0 Å². The van der Waals surface area contributed by atoms with Crippen LogP contribution in [0.15, 0.2) is 194 Å². The van der Waals surface area contributed by atoms with E-state index < -0.39 is 0 Å². The van der Waals surface area contributed by atoms with Crippen LogP contribution in [0, 0.1) is 6.33 Å². The highest BCUT2D eigenvalue weighted by Gasteiger charge is 2.21. The lowest BCUT2D eigenvalue weighted by Crippen LogP contribution is -2.29. The maximum Gasteiger partial charge on any atom is 0.269 e. The van der Waals surface area contributed by atoms with E-state index in [2.05, 4.69) is 233 Å². The number of benzene rings is 8. The topological polar surface area (TPSA) is 39.8 Å². The number of hydrogen-bond donors (Lipinski definition) is 0. The molecule has 0 N–H and O–H groups in total. The number of hydrogen-bond acceptors (Lipinski definition) is 2. The van der Waals surface area contributed by atoms with Crippen LogP contribution in [0.2, 0.25) is 0 Å². The zero-order valence-electron chi connectivity index (χ0n) is 35.6. The lowest BCUT2D eigenvalue weighted by Gasteiger charge is -2.20. The van der Waals surface area contributed by atoms with E-state index in [0.29, 0.717) is 0 Å². The van der Waals surface area contributed by atoms with Crippen LogP contribution in [0.3, 0.4) is 0 Å². The second-order valence-corrected chi connectivity index (χ2v) is 17.8. The SMILES string of the molecule is CC(C)(C)c1ccnc(-n2c3ccccc3c3ccc(Oc4ccc5c6cccc7c8ccccc8n(c8ccccc8c8cccc9c8n([c-][n+]9-c8ccccc8)c5c4)c67)cc32)c1. The molecule has 0 aliphatic carbocycles. The average Bonchev–Trinajstić information content (AvgIpc) is 4.00. The van der Waals surface area contributed by atoms with Crippen molar-refractivity contribution in [2.75, 3.05) is 0 Å². The first-order chi connectivity index (χ1) is 31.4. The Morgan fingerprint density at radius 3 is 1.67 bits per heavy atom. The van der Waals surface area contributed by atoms with Crippen LogP contribution in [0.1, 0.15) is 26.3 Å². The Labute approximate surface area is 368 Å². The summed E-state index contributed by atoms with van der Waals surface area (Å²) in [5.74, 6) is 2.34. The van der Waals surface area contributed by atoms with Crippen molar-refractivity contribution in [3.8, 4) is 23.0 Å². The molecule has 64 heavy (non-hydrogen) atoms. The number of fused-ring (bicyclic) bond motifs is 12. The first-order valence-electron chi connectivity index (χ1n) is 21.9. The van der Waals surface area contributed by atoms with Crippen molar-refractivity contribution in [1.29, 1.82) is 0 Å². The smallest absolute Gasteiger partial charge is 0.269 e. The molecule has 5 heterocycles. The van der Waals surface area contributed by atoms with Crippen LogP contribution < -0.4 is 9.30 Å². The number of para-hydroxylation sites is 6. The Balaban J connectivity index is 1.13. The third-order valence-corrected chi connectivity index (χ3v) is 13.0. The Morgan fingerprint density at radius 1 is 0.469 bits per heavy atom. The van der Waals surface area contributed by atoms with Gasteiger partial charge in [-0.1, -0.05) is 136 Å². The molecular weight excluding hydrogens is 783 g/mol. The normalized spacial score (nSPS) is 12.3. The molecule has 0 saturated carbocycles. The van der Waals surface area contributed by atoms with Crippen LogP contribution in [-0.2, 0) is 5.41 Å². The van der Waals surface area contributed by atoms with Gasteiger partial charge in [0.25, 0.3) is 6.33 Å². The van der Waals surface area contributed by atoms with Gasteiger partial charge in [0.1, 0.15) is 17.3 Å². The first-order valence-corrected chi connectivity index (χ1v) is 21.9. The summed E-state index contributed by atoms with van der Waals surface area (Å²) in [6, 6.07) is 67.2. The van der Waals surface area contributed by atoms with Gasteiger partial charge in [-0.3, -0.25) is 13.5 Å². The van der Waals surface area contributed by atoms with E-state index in [1.807, 2.05) is 6.20 Å². The molecule has 304 valence electrons. The van der Waals surface area contributed by atoms with Crippen molar-refractivity contribution in [2.45, 2.75) is 26.2 Å². The molecule has 0 aliphatic rings. The highest BCUT2D eigenvalue weighted by atomic mass is 16.5. The monoisotopic (exact) mass is 823 g/mol. The number of imidazole rings is 1. The van der Waals surface area contributed by atoms with Gasteiger partial charge in [-0.25, -0.2) is 4.98 Å². The summed E-state index contributed by atoms with van der Waals surface area (Å²) < 4.78 is 16.2. The van der Waals surface area contributed by atoms with E-state index in [1.165, 1.54) is 27.2 Å². The molecule has 8 aromatic carbocycles. The Hall–Kier alpha value is -8.22. The molecule has 0 spiro atoms. The van der Waals surface area contributed by atoms with Gasteiger partial charge >= 0.3 is 0 Å². The molecule has 6 heteroatoms. The van der Waals surface area contributed by atoms with Crippen molar-refractivity contribution in [2.24, 2.45) is 0 Å². The molecule has 0 amide bonds. The Kier molecular flexibility index (Phi) is 7.76. The van der Waals surface area contributed by atoms with Crippen LogP contribution in [-0.4, -0.2) is 18.4 Å². The summed E-state index contributed by atoms with van der Waals surface area (Å²) in [4.78, 5) is 4.92. The summed E-state index contributed by atoms with van der Waals surface area (Å²) >= 11 is 0.